The Morgan fingerprint density at radius 3 is 2.77 bits per heavy atom. The van der Waals surface area contributed by atoms with Crippen LogP contribution in [0.15, 0.2) is 28.7 Å². The quantitative estimate of drug-likeness (QED) is 0.763. The highest BCUT2D eigenvalue weighted by molar-refractivity contribution is 9.10. The minimum atomic E-state index is -0.556. The van der Waals surface area contributed by atoms with Crippen molar-refractivity contribution in [3.05, 3.63) is 40.0 Å². The van der Waals surface area contributed by atoms with E-state index in [1.807, 2.05) is 24.3 Å². The number of aromatic nitrogens is 2. The van der Waals surface area contributed by atoms with E-state index in [1.165, 1.54) is 0 Å². The largest absolute Gasteiger partial charge is 0.461 e. The van der Waals surface area contributed by atoms with Crippen LogP contribution in [-0.2, 0) is 4.74 Å². The zero-order valence-electron chi connectivity index (χ0n) is 14.5. The first-order valence-electron chi connectivity index (χ1n) is 8.68. The molecule has 1 fully saturated rings. The van der Waals surface area contributed by atoms with Crippen LogP contribution in [0.1, 0.15) is 54.7 Å². The molecule has 1 aliphatic carbocycles. The number of esters is 1. The second-order valence-electron chi connectivity index (χ2n) is 6.33. The third kappa shape index (κ3) is 3.67. The molecule has 1 aromatic heterocycles. The van der Waals surface area contributed by atoms with Crippen LogP contribution < -0.4 is 0 Å². The minimum absolute atomic E-state index is 0.130. The maximum Gasteiger partial charge on any atom is 0.358 e. The van der Waals surface area contributed by atoms with Crippen LogP contribution in [0, 0.1) is 11.3 Å². The molecule has 0 amide bonds. The fraction of sp³-hybridized carbons (Fsp3) is 0.421. The van der Waals surface area contributed by atoms with E-state index in [4.69, 9.17) is 4.74 Å². The van der Waals surface area contributed by atoms with E-state index in [0.29, 0.717) is 12.1 Å². The Balaban J connectivity index is 2.14. The van der Waals surface area contributed by atoms with Crippen molar-refractivity contribution >= 4 is 21.9 Å². The predicted octanol–water partition coefficient (Wildman–Crippen LogP) is 3.84. The second-order valence-corrected chi connectivity index (χ2v) is 7.25. The van der Waals surface area contributed by atoms with Crippen LogP contribution in [0.4, 0.5) is 0 Å². The summed E-state index contributed by atoms with van der Waals surface area (Å²) in [4.78, 5) is 12.6. The Labute approximate surface area is 160 Å². The van der Waals surface area contributed by atoms with E-state index in [-0.39, 0.29) is 23.9 Å². The first-order chi connectivity index (χ1) is 12.5. The molecule has 2 unspecified atom stereocenters. The van der Waals surface area contributed by atoms with Crippen LogP contribution in [0.5, 0.6) is 0 Å². The van der Waals surface area contributed by atoms with E-state index in [1.54, 1.807) is 11.6 Å². The summed E-state index contributed by atoms with van der Waals surface area (Å²) in [7, 11) is 0. The van der Waals surface area contributed by atoms with Crippen LogP contribution in [-0.4, -0.2) is 33.6 Å². The van der Waals surface area contributed by atoms with Crippen LogP contribution in [0.2, 0.25) is 0 Å². The lowest BCUT2D eigenvalue weighted by atomic mass is 9.93. The van der Waals surface area contributed by atoms with Gasteiger partial charge in [-0.1, -0.05) is 28.1 Å². The van der Waals surface area contributed by atoms with Gasteiger partial charge >= 0.3 is 5.97 Å². The fourth-order valence-corrected chi connectivity index (χ4v) is 3.63. The van der Waals surface area contributed by atoms with E-state index < -0.39 is 12.1 Å². The number of ether oxygens (including phenoxy) is 1. The van der Waals surface area contributed by atoms with Gasteiger partial charge in [-0.2, -0.15) is 10.4 Å². The molecule has 2 aromatic rings. The molecule has 1 saturated carbocycles. The van der Waals surface area contributed by atoms with Gasteiger partial charge in [0.25, 0.3) is 0 Å². The smallest absolute Gasteiger partial charge is 0.358 e. The van der Waals surface area contributed by atoms with E-state index in [9.17, 15) is 15.2 Å². The van der Waals surface area contributed by atoms with Gasteiger partial charge in [0.15, 0.2) is 5.69 Å². The normalized spacial score (nSPS) is 19.8. The van der Waals surface area contributed by atoms with Gasteiger partial charge in [-0.25, -0.2) is 4.79 Å². The molecule has 1 N–H and O–H groups in total. The molecule has 0 radical (unpaired) electrons. The number of aliphatic hydroxyl groups is 1. The molecule has 7 heteroatoms. The number of hydrogen-bond donors (Lipinski definition) is 1. The van der Waals surface area contributed by atoms with Gasteiger partial charge < -0.3 is 9.84 Å². The highest BCUT2D eigenvalue weighted by Crippen LogP contribution is 2.34. The number of nitriles is 1. The van der Waals surface area contributed by atoms with Crippen LogP contribution in [0.25, 0.3) is 11.3 Å². The number of aliphatic hydroxyl groups excluding tert-OH is 1. The molecule has 6 nitrogen and oxygen atoms in total. The Bertz CT molecular complexity index is 839. The highest BCUT2D eigenvalue weighted by Gasteiger charge is 2.31. The molecule has 0 spiro atoms. The Morgan fingerprint density at radius 2 is 2.15 bits per heavy atom. The molecule has 1 aromatic carbocycles. The molecule has 3 rings (SSSR count). The lowest BCUT2D eigenvalue weighted by Gasteiger charge is -2.27. The van der Waals surface area contributed by atoms with Gasteiger partial charge in [0.2, 0.25) is 0 Å². The van der Waals surface area contributed by atoms with Crippen molar-refractivity contribution in [2.45, 2.75) is 44.8 Å². The first-order valence-corrected chi connectivity index (χ1v) is 9.48. The Morgan fingerprint density at radius 1 is 1.42 bits per heavy atom. The van der Waals surface area contributed by atoms with Crippen molar-refractivity contribution in [2.24, 2.45) is 0 Å². The summed E-state index contributed by atoms with van der Waals surface area (Å²) >= 11 is 3.39. The number of carbonyl (C=O) groups excluding carboxylic acids is 1. The number of benzene rings is 1. The average molecular weight is 418 g/mol. The molecule has 0 bridgehead atoms. The minimum Gasteiger partial charge on any atom is -0.461 e. The van der Waals surface area contributed by atoms with Crippen LogP contribution >= 0.6 is 15.9 Å². The van der Waals surface area contributed by atoms with Gasteiger partial charge in [0.1, 0.15) is 17.3 Å². The van der Waals surface area contributed by atoms with Gasteiger partial charge in [0, 0.05) is 10.0 Å². The topological polar surface area (TPSA) is 88.1 Å². The summed E-state index contributed by atoms with van der Waals surface area (Å²) in [5.74, 6) is -0.556. The van der Waals surface area contributed by atoms with Crippen molar-refractivity contribution in [1.82, 2.24) is 9.78 Å². The molecular weight excluding hydrogens is 398 g/mol. The standard InChI is InChI=1S/C19H20BrN3O3/c1-2-26-19(25)18-16(11-21)17(12-6-8-13(20)9-7-12)22-23(18)14-4-3-5-15(24)10-14/h6-9,14-15,24H,2-5,10H2,1H3. The second kappa shape index (κ2) is 8.02. The molecule has 1 heterocycles. The maximum absolute atomic E-state index is 12.6. The number of rotatable bonds is 4. The summed E-state index contributed by atoms with van der Waals surface area (Å²) in [6, 6.07) is 9.43. The lowest BCUT2D eigenvalue weighted by Crippen LogP contribution is -2.26. The van der Waals surface area contributed by atoms with Crippen molar-refractivity contribution in [3.63, 3.8) is 0 Å². The number of nitrogens with zero attached hydrogens (tertiary/aromatic N) is 3. The molecule has 1 aliphatic rings. The summed E-state index contributed by atoms with van der Waals surface area (Å²) < 4.78 is 7.69. The van der Waals surface area contributed by atoms with E-state index in [0.717, 1.165) is 29.3 Å². The molecule has 0 saturated heterocycles. The summed E-state index contributed by atoms with van der Waals surface area (Å²) in [5, 5.41) is 24.4. The van der Waals surface area contributed by atoms with Crippen molar-refractivity contribution < 1.29 is 14.6 Å². The summed E-state index contributed by atoms with van der Waals surface area (Å²) in [6.45, 7) is 1.94. The number of halogens is 1. The zero-order valence-corrected chi connectivity index (χ0v) is 16.1. The van der Waals surface area contributed by atoms with Crippen molar-refractivity contribution in [2.75, 3.05) is 6.61 Å². The monoisotopic (exact) mass is 417 g/mol. The van der Waals surface area contributed by atoms with Gasteiger partial charge in [-0.3, -0.25) is 4.68 Å². The molecule has 0 aliphatic heterocycles. The predicted molar refractivity (Wildman–Crippen MR) is 99.5 cm³/mol. The van der Waals surface area contributed by atoms with Gasteiger partial charge in [-0.05, 0) is 44.7 Å². The Kier molecular flexibility index (Phi) is 5.74. The molecule has 26 heavy (non-hydrogen) atoms. The molecular formula is C19H20BrN3O3. The van der Waals surface area contributed by atoms with E-state index >= 15 is 0 Å². The number of hydrogen-bond acceptors (Lipinski definition) is 5. The van der Waals surface area contributed by atoms with Crippen molar-refractivity contribution in [3.8, 4) is 17.3 Å². The zero-order chi connectivity index (χ0) is 18.7. The third-order valence-corrected chi connectivity index (χ3v) is 5.10. The third-order valence-electron chi connectivity index (χ3n) is 4.57. The average Bonchev–Trinajstić information content (AvgIpc) is 3.02. The molecule has 2 atom stereocenters. The van der Waals surface area contributed by atoms with Gasteiger partial charge in [-0.15, -0.1) is 0 Å². The lowest BCUT2D eigenvalue weighted by molar-refractivity contribution is 0.0494. The highest BCUT2D eigenvalue weighted by atomic mass is 79.9. The summed E-state index contributed by atoms with van der Waals surface area (Å²) in [5.41, 5.74) is 1.60. The maximum atomic E-state index is 12.6. The van der Waals surface area contributed by atoms with Gasteiger partial charge in [0.05, 0.1) is 18.8 Å². The summed E-state index contributed by atoms with van der Waals surface area (Å²) in [6.07, 6.45) is 2.49. The van der Waals surface area contributed by atoms with Crippen LogP contribution in [0.3, 0.4) is 0 Å². The fourth-order valence-electron chi connectivity index (χ4n) is 3.37. The SMILES string of the molecule is CCOC(=O)c1c(C#N)c(-c2ccc(Br)cc2)nn1C1CCCC(O)C1. The number of carbonyl (C=O) groups is 1. The van der Waals surface area contributed by atoms with E-state index in [2.05, 4.69) is 27.1 Å². The van der Waals surface area contributed by atoms with Crippen molar-refractivity contribution in [1.29, 1.82) is 5.26 Å². The molecule has 136 valence electrons. The Hall–Kier alpha value is -2.17. The first kappa shape index (κ1) is 18.6.